The van der Waals surface area contributed by atoms with Crippen LogP contribution in [0.1, 0.15) is 32.1 Å². The molecular formula is C9H12ClNO. The molecule has 1 N–H and O–H groups in total. The number of amides is 1. The molecule has 2 nitrogen and oxygen atoms in total. The second-order valence-corrected chi connectivity index (χ2v) is 3.22. The van der Waals surface area contributed by atoms with E-state index in [2.05, 4.69) is 16.6 Å². The van der Waals surface area contributed by atoms with Gasteiger partial charge in [0.2, 0.25) is 0 Å². The average molecular weight is 186 g/mol. The number of carbonyl (C=O) groups is 1. The molecule has 0 aromatic heterocycles. The lowest BCUT2D eigenvalue weighted by molar-refractivity contribution is -0.116. The molecular weight excluding hydrogens is 174 g/mol. The minimum atomic E-state index is -0.253. The summed E-state index contributed by atoms with van der Waals surface area (Å²) in [7, 11) is 0. The van der Waals surface area contributed by atoms with E-state index >= 15 is 0 Å². The predicted octanol–water partition coefficient (Wildman–Crippen LogP) is 1.64. The number of hydrogen-bond donors (Lipinski definition) is 1. The molecule has 0 aromatic carbocycles. The van der Waals surface area contributed by atoms with Gasteiger partial charge in [0, 0.05) is 17.3 Å². The van der Waals surface area contributed by atoms with Gasteiger partial charge in [0.1, 0.15) is 0 Å². The lowest BCUT2D eigenvalue weighted by atomic mass is 9.95. The van der Waals surface area contributed by atoms with Crippen LogP contribution in [0.4, 0.5) is 0 Å². The highest BCUT2D eigenvalue weighted by atomic mass is 35.5. The van der Waals surface area contributed by atoms with E-state index in [-0.39, 0.29) is 5.91 Å². The van der Waals surface area contributed by atoms with E-state index in [1.54, 1.807) is 0 Å². The van der Waals surface area contributed by atoms with E-state index in [9.17, 15) is 4.79 Å². The van der Waals surface area contributed by atoms with Gasteiger partial charge in [-0.15, -0.1) is 0 Å². The Labute approximate surface area is 77.7 Å². The van der Waals surface area contributed by atoms with Crippen LogP contribution in [0.3, 0.4) is 0 Å². The van der Waals surface area contributed by atoms with Crippen molar-refractivity contribution in [3.05, 3.63) is 0 Å². The molecule has 0 spiro atoms. The highest BCUT2D eigenvalue weighted by Crippen LogP contribution is 2.16. The van der Waals surface area contributed by atoms with Crippen molar-refractivity contribution in [1.82, 2.24) is 5.32 Å². The van der Waals surface area contributed by atoms with Crippen LogP contribution >= 0.6 is 11.6 Å². The van der Waals surface area contributed by atoms with Crippen molar-refractivity contribution in [2.24, 2.45) is 0 Å². The molecule has 0 saturated heterocycles. The summed E-state index contributed by atoms with van der Waals surface area (Å²) in [5.41, 5.74) is 0. The molecule has 1 amide bonds. The Kier molecular flexibility index (Phi) is 3.96. The summed E-state index contributed by atoms with van der Waals surface area (Å²) in [6, 6.07) is 0.323. The van der Waals surface area contributed by atoms with Crippen molar-refractivity contribution in [2.75, 3.05) is 0 Å². The quantitative estimate of drug-likeness (QED) is 0.619. The Morgan fingerprint density at radius 1 is 1.33 bits per heavy atom. The Balaban J connectivity index is 2.27. The molecule has 1 fully saturated rings. The van der Waals surface area contributed by atoms with Crippen molar-refractivity contribution in [3.8, 4) is 11.3 Å². The minimum Gasteiger partial charge on any atom is -0.342 e. The summed E-state index contributed by atoms with van der Waals surface area (Å²) in [5.74, 6) is 2.01. The summed E-state index contributed by atoms with van der Waals surface area (Å²) < 4.78 is 0. The second-order valence-electron chi connectivity index (χ2n) is 3.03. The van der Waals surface area contributed by atoms with Crippen LogP contribution in [0.15, 0.2) is 0 Å². The summed E-state index contributed by atoms with van der Waals surface area (Å²) in [6.45, 7) is 0. The third-order valence-electron chi connectivity index (χ3n) is 2.10. The zero-order valence-corrected chi connectivity index (χ0v) is 7.66. The lowest BCUT2D eigenvalue weighted by Gasteiger charge is -2.21. The molecule has 66 valence electrons. The normalized spacial score (nSPS) is 17.8. The van der Waals surface area contributed by atoms with E-state index in [4.69, 9.17) is 11.6 Å². The largest absolute Gasteiger partial charge is 0.342 e. The van der Waals surface area contributed by atoms with Crippen molar-refractivity contribution >= 4 is 17.5 Å². The Hall–Kier alpha value is -0.680. The van der Waals surface area contributed by atoms with E-state index in [0.29, 0.717) is 6.04 Å². The van der Waals surface area contributed by atoms with Gasteiger partial charge in [-0.2, -0.15) is 0 Å². The van der Waals surface area contributed by atoms with Gasteiger partial charge < -0.3 is 5.32 Å². The fourth-order valence-electron chi connectivity index (χ4n) is 1.51. The maximum atomic E-state index is 10.9. The van der Waals surface area contributed by atoms with Crippen LogP contribution in [-0.4, -0.2) is 11.9 Å². The highest BCUT2D eigenvalue weighted by Gasteiger charge is 2.14. The molecule has 0 radical (unpaired) electrons. The molecule has 0 aromatic rings. The Morgan fingerprint density at radius 2 is 2.00 bits per heavy atom. The van der Waals surface area contributed by atoms with Crippen LogP contribution in [0.25, 0.3) is 0 Å². The fourth-order valence-corrected chi connectivity index (χ4v) is 1.60. The van der Waals surface area contributed by atoms with Crippen LogP contribution in [0, 0.1) is 11.3 Å². The standard InChI is InChI=1S/C9H12ClNO/c10-7-6-9(12)11-8-4-2-1-3-5-8/h8H,1-5H2,(H,11,12). The molecule has 0 aliphatic heterocycles. The minimum absolute atomic E-state index is 0.253. The molecule has 1 rings (SSSR count). The van der Waals surface area contributed by atoms with Crippen molar-refractivity contribution < 1.29 is 4.79 Å². The Bertz CT molecular complexity index is 210. The SMILES string of the molecule is O=C(C#CCl)NC1CCCCC1. The summed E-state index contributed by atoms with van der Waals surface area (Å²) in [5, 5.41) is 4.89. The van der Waals surface area contributed by atoms with Gasteiger partial charge in [-0.1, -0.05) is 19.3 Å². The number of hydrogen-bond acceptors (Lipinski definition) is 1. The zero-order chi connectivity index (χ0) is 8.81. The Morgan fingerprint density at radius 3 is 2.58 bits per heavy atom. The van der Waals surface area contributed by atoms with Crippen LogP contribution in [0.2, 0.25) is 0 Å². The molecule has 0 unspecified atom stereocenters. The van der Waals surface area contributed by atoms with E-state index in [1.165, 1.54) is 19.3 Å². The monoisotopic (exact) mass is 185 g/mol. The number of carbonyl (C=O) groups excluding carboxylic acids is 1. The van der Waals surface area contributed by atoms with Crippen molar-refractivity contribution in [3.63, 3.8) is 0 Å². The van der Waals surface area contributed by atoms with Crippen molar-refractivity contribution in [1.29, 1.82) is 0 Å². The zero-order valence-electron chi connectivity index (χ0n) is 6.90. The van der Waals surface area contributed by atoms with Crippen molar-refractivity contribution in [2.45, 2.75) is 38.1 Å². The van der Waals surface area contributed by atoms with Crippen LogP contribution in [-0.2, 0) is 4.79 Å². The molecule has 1 saturated carbocycles. The smallest absolute Gasteiger partial charge is 0.297 e. The van der Waals surface area contributed by atoms with Crippen LogP contribution < -0.4 is 5.32 Å². The van der Waals surface area contributed by atoms with Gasteiger partial charge in [-0.05, 0) is 24.4 Å². The van der Waals surface area contributed by atoms with Gasteiger partial charge in [0.15, 0.2) is 0 Å². The first-order valence-corrected chi connectivity index (χ1v) is 4.63. The van der Waals surface area contributed by atoms with Gasteiger partial charge in [-0.3, -0.25) is 4.79 Å². The third kappa shape index (κ3) is 3.15. The van der Waals surface area contributed by atoms with Gasteiger partial charge in [0.25, 0.3) is 5.91 Å². The highest BCUT2D eigenvalue weighted by molar-refractivity contribution is 6.31. The summed E-state index contributed by atoms with van der Waals surface area (Å²) in [4.78, 5) is 10.9. The number of rotatable bonds is 1. The van der Waals surface area contributed by atoms with Crippen LogP contribution in [0.5, 0.6) is 0 Å². The maximum absolute atomic E-state index is 10.9. The molecule has 1 aliphatic rings. The lowest BCUT2D eigenvalue weighted by Crippen LogP contribution is -2.35. The first-order chi connectivity index (χ1) is 5.83. The number of nitrogens with one attached hydrogen (secondary N) is 1. The van der Waals surface area contributed by atoms with E-state index in [0.717, 1.165) is 12.8 Å². The van der Waals surface area contributed by atoms with Gasteiger partial charge >= 0.3 is 0 Å². The predicted molar refractivity (Wildman–Crippen MR) is 48.6 cm³/mol. The van der Waals surface area contributed by atoms with E-state index < -0.39 is 0 Å². The van der Waals surface area contributed by atoms with Gasteiger partial charge in [-0.25, -0.2) is 0 Å². The average Bonchev–Trinajstić information content (AvgIpc) is 2.06. The van der Waals surface area contributed by atoms with Gasteiger partial charge in [0.05, 0.1) is 0 Å². The summed E-state index contributed by atoms with van der Waals surface area (Å²) in [6.07, 6.45) is 5.86. The first kappa shape index (κ1) is 9.41. The molecule has 0 atom stereocenters. The number of halogens is 1. The topological polar surface area (TPSA) is 29.1 Å². The third-order valence-corrected chi connectivity index (χ3v) is 2.20. The molecule has 12 heavy (non-hydrogen) atoms. The maximum Gasteiger partial charge on any atom is 0.297 e. The second kappa shape index (κ2) is 5.05. The van der Waals surface area contributed by atoms with E-state index in [1.807, 2.05) is 0 Å². The molecule has 1 aliphatic carbocycles. The molecule has 0 bridgehead atoms. The molecule has 3 heteroatoms. The first-order valence-electron chi connectivity index (χ1n) is 4.25. The molecule has 0 heterocycles. The fraction of sp³-hybridized carbons (Fsp3) is 0.667. The summed E-state index contributed by atoms with van der Waals surface area (Å²) >= 11 is 5.09.